The van der Waals surface area contributed by atoms with Crippen molar-refractivity contribution in [3.63, 3.8) is 0 Å². The fourth-order valence-corrected chi connectivity index (χ4v) is 8.31. The van der Waals surface area contributed by atoms with Gasteiger partial charge in [-0.3, -0.25) is 0 Å². The van der Waals surface area contributed by atoms with Crippen molar-refractivity contribution < 1.29 is 8.83 Å². The van der Waals surface area contributed by atoms with E-state index in [0.29, 0.717) is 0 Å². The number of rotatable bonds is 3. The first-order valence-electron chi connectivity index (χ1n) is 17.1. The van der Waals surface area contributed by atoms with Crippen LogP contribution in [0, 0.1) is 0 Å². The molecule has 0 bridgehead atoms. The molecule has 2 aromatic heterocycles. The molecule has 232 valence electrons. The van der Waals surface area contributed by atoms with Crippen LogP contribution in [0.3, 0.4) is 0 Å². The molecule has 0 saturated carbocycles. The largest absolute Gasteiger partial charge is 0.456 e. The number of benzene rings is 9. The van der Waals surface area contributed by atoms with Gasteiger partial charge < -0.3 is 8.83 Å². The average Bonchev–Trinajstić information content (AvgIpc) is 3.73. The molecule has 11 rings (SSSR count). The molecule has 0 aliphatic heterocycles. The summed E-state index contributed by atoms with van der Waals surface area (Å²) in [5.41, 5.74) is 8.33. The molecule has 2 heteroatoms. The van der Waals surface area contributed by atoms with E-state index in [1.165, 1.54) is 43.4 Å². The number of fused-ring (bicyclic) bond motifs is 9. The summed E-state index contributed by atoms with van der Waals surface area (Å²) in [6, 6.07) is 60.7. The second kappa shape index (κ2) is 10.4. The summed E-state index contributed by atoms with van der Waals surface area (Å²) in [7, 11) is 0. The Hall–Kier alpha value is -6.64. The summed E-state index contributed by atoms with van der Waals surface area (Å²) in [6.45, 7) is 0. The van der Waals surface area contributed by atoms with Crippen LogP contribution >= 0.6 is 0 Å². The van der Waals surface area contributed by atoms with Crippen molar-refractivity contribution in [2.75, 3.05) is 0 Å². The lowest BCUT2D eigenvalue weighted by Gasteiger charge is -2.19. The molecule has 0 radical (unpaired) electrons. The van der Waals surface area contributed by atoms with E-state index in [1.807, 2.05) is 12.1 Å². The van der Waals surface area contributed by atoms with Crippen LogP contribution < -0.4 is 0 Å². The minimum absolute atomic E-state index is 0.843. The molecule has 0 fully saturated rings. The Kier molecular flexibility index (Phi) is 5.70. The number of hydrogen-bond acceptors (Lipinski definition) is 2. The average molecular weight is 637 g/mol. The van der Waals surface area contributed by atoms with Gasteiger partial charge in [0.1, 0.15) is 22.5 Å². The summed E-state index contributed by atoms with van der Waals surface area (Å²) >= 11 is 0. The van der Waals surface area contributed by atoms with Crippen molar-refractivity contribution in [1.82, 2.24) is 0 Å². The lowest BCUT2D eigenvalue weighted by molar-refractivity contribution is 0.633. The Morgan fingerprint density at radius 3 is 1.52 bits per heavy atom. The van der Waals surface area contributed by atoms with Crippen LogP contribution in [0.1, 0.15) is 0 Å². The molecule has 0 spiro atoms. The lowest BCUT2D eigenvalue weighted by atomic mass is 9.84. The fourth-order valence-electron chi connectivity index (χ4n) is 8.31. The summed E-state index contributed by atoms with van der Waals surface area (Å²) in [5.74, 6) is 0.866. The summed E-state index contributed by atoms with van der Waals surface area (Å²) < 4.78 is 13.5. The highest BCUT2D eigenvalue weighted by Crippen LogP contribution is 2.51. The van der Waals surface area contributed by atoms with Crippen LogP contribution in [-0.4, -0.2) is 0 Å². The molecule has 9 aromatic carbocycles. The van der Waals surface area contributed by atoms with Gasteiger partial charge >= 0.3 is 0 Å². The van der Waals surface area contributed by atoms with Gasteiger partial charge in [0, 0.05) is 27.3 Å². The van der Waals surface area contributed by atoms with Crippen molar-refractivity contribution in [2.24, 2.45) is 0 Å². The van der Waals surface area contributed by atoms with Gasteiger partial charge in [-0.25, -0.2) is 0 Å². The van der Waals surface area contributed by atoms with E-state index < -0.39 is 0 Å². The monoisotopic (exact) mass is 636 g/mol. The Morgan fingerprint density at radius 1 is 0.280 bits per heavy atom. The summed E-state index contributed by atoms with van der Waals surface area (Å²) in [6.07, 6.45) is 0. The Labute approximate surface area is 287 Å². The van der Waals surface area contributed by atoms with Gasteiger partial charge in [-0.05, 0) is 84.0 Å². The molecule has 0 aliphatic rings. The first-order valence-corrected chi connectivity index (χ1v) is 17.1. The second-order valence-corrected chi connectivity index (χ2v) is 13.1. The highest BCUT2D eigenvalue weighted by atomic mass is 16.3. The molecule has 2 heterocycles. The fraction of sp³-hybridized carbons (Fsp3) is 0. The molecular weight excluding hydrogens is 609 g/mol. The third-order valence-corrected chi connectivity index (χ3v) is 10.4. The summed E-state index contributed by atoms with van der Waals surface area (Å²) in [5, 5.41) is 12.9. The normalized spacial score (nSPS) is 12.0. The van der Waals surface area contributed by atoms with Gasteiger partial charge in [0.15, 0.2) is 0 Å². The van der Waals surface area contributed by atoms with Crippen LogP contribution in [0.2, 0.25) is 0 Å². The molecule has 50 heavy (non-hydrogen) atoms. The molecule has 0 aliphatic carbocycles. The van der Waals surface area contributed by atoms with Crippen LogP contribution in [0.25, 0.3) is 110 Å². The first kappa shape index (κ1) is 27.3. The zero-order chi connectivity index (χ0) is 32.8. The van der Waals surface area contributed by atoms with Crippen LogP contribution in [-0.2, 0) is 0 Å². The molecule has 0 amide bonds. The zero-order valence-electron chi connectivity index (χ0n) is 27.0. The first-order chi connectivity index (χ1) is 24.8. The molecule has 11 aromatic rings. The van der Waals surface area contributed by atoms with Crippen LogP contribution in [0.15, 0.2) is 179 Å². The number of furan rings is 2. The van der Waals surface area contributed by atoms with Crippen LogP contribution in [0.5, 0.6) is 0 Å². The van der Waals surface area contributed by atoms with Crippen molar-refractivity contribution in [3.8, 4) is 33.6 Å². The third kappa shape index (κ3) is 3.85. The maximum atomic E-state index is 7.11. The van der Waals surface area contributed by atoms with E-state index in [2.05, 4.69) is 158 Å². The molecular formula is C48H28O2. The second-order valence-electron chi connectivity index (χ2n) is 13.1. The topological polar surface area (TPSA) is 26.3 Å². The number of para-hydroxylation sites is 1. The number of hydrogen-bond donors (Lipinski definition) is 0. The highest BCUT2D eigenvalue weighted by molar-refractivity contribution is 6.27. The van der Waals surface area contributed by atoms with Gasteiger partial charge in [0.05, 0.1) is 0 Å². The predicted octanol–water partition coefficient (Wildman–Crippen LogP) is 13.9. The van der Waals surface area contributed by atoms with E-state index in [1.54, 1.807) is 0 Å². The van der Waals surface area contributed by atoms with Gasteiger partial charge in [0.25, 0.3) is 0 Å². The minimum Gasteiger partial charge on any atom is -0.456 e. The molecule has 0 N–H and O–H groups in total. The van der Waals surface area contributed by atoms with E-state index in [-0.39, 0.29) is 0 Å². The molecule has 0 saturated heterocycles. The van der Waals surface area contributed by atoms with Gasteiger partial charge in [-0.15, -0.1) is 0 Å². The van der Waals surface area contributed by atoms with E-state index in [4.69, 9.17) is 8.83 Å². The molecule has 0 unspecified atom stereocenters. The van der Waals surface area contributed by atoms with Gasteiger partial charge in [0.2, 0.25) is 0 Å². The van der Waals surface area contributed by atoms with Crippen LogP contribution in [0.4, 0.5) is 0 Å². The van der Waals surface area contributed by atoms with Crippen molar-refractivity contribution in [3.05, 3.63) is 170 Å². The molecule has 0 atom stereocenters. The van der Waals surface area contributed by atoms with Gasteiger partial charge in [-0.1, -0.05) is 146 Å². The zero-order valence-corrected chi connectivity index (χ0v) is 27.0. The van der Waals surface area contributed by atoms with Crippen molar-refractivity contribution in [2.45, 2.75) is 0 Å². The maximum Gasteiger partial charge on any atom is 0.144 e. The standard InChI is InChI=1S/C48H28O2/c1-2-14-29(15-3-1)45-41-28-43-39(34-20-12-13-25-42(34)49-43)27-44(41)50-48(45)47-37-23-10-8-21-35(37)46(36-22-9-11-24-38(36)47)40-26-30-16-4-5-17-31(30)32-18-6-7-19-33(32)40/h1-28H. The minimum atomic E-state index is 0.843. The van der Waals surface area contributed by atoms with E-state index in [9.17, 15) is 0 Å². The Bertz CT molecular complexity index is 3080. The lowest BCUT2D eigenvalue weighted by Crippen LogP contribution is -1.92. The third-order valence-electron chi connectivity index (χ3n) is 10.4. The SMILES string of the molecule is c1ccc(-c2c(-c3c4ccccc4c(-c4cc5ccccc5c5ccccc45)c4ccccc34)oc3cc4c(cc23)oc2ccccc24)cc1. The predicted molar refractivity (Wildman–Crippen MR) is 210 cm³/mol. The Morgan fingerprint density at radius 2 is 0.800 bits per heavy atom. The Balaban J connectivity index is 1.30. The highest BCUT2D eigenvalue weighted by Gasteiger charge is 2.25. The van der Waals surface area contributed by atoms with E-state index >= 15 is 0 Å². The van der Waals surface area contributed by atoms with Gasteiger partial charge in [-0.2, -0.15) is 0 Å². The summed E-state index contributed by atoms with van der Waals surface area (Å²) in [4.78, 5) is 0. The van der Waals surface area contributed by atoms with Crippen molar-refractivity contribution in [1.29, 1.82) is 0 Å². The smallest absolute Gasteiger partial charge is 0.144 e. The van der Waals surface area contributed by atoms with Crippen molar-refractivity contribution >= 4 is 76.0 Å². The maximum absolute atomic E-state index is 7.11. The molecule has 2 nitrogen and oxygen atoms in total. The quantitative estimate of drug-likeness (QED) is 0.142. The van der Waals surface area contributed by atoms with E-state index in [0.717, 1.165) is 66.1 Å².